The molecular weight excluding hydrogens is 364 g/mol. The number of para-hydroxylation sites is 1. The van der Waals surface area contributed by atoms with E-state index >= 15 is 0 Å². The van der Waals surface area contributed by atoms with Crippen molar-refractivity contribution < 1.29 is 14.3 Å². The summed E-state index contributed by atoms with van der Waals surface area (Å²) in [6.07, 6.45) is 2.32. The van der Waals surface area contributed by atoms with E-state index in [0.29, 0.717) is 22.7 Å². The summed E-state index contributed by atoms with van der Waals surface area (Å²) in [5.74, 6) is 1.21. The third-order valence-corrected chi connectivity index (χ3v) is 5.43. The summed E-state index contributed by atoms with van der Waals surface area (Å²) in [4.78, 5) is 15.0. The molecular formula is C24H22N2O3. The molecule has 0 bridgehead atoms. The van der Waals surface area contributed by atoms with Crippen LogP contribution in [0.25, 0.3) is 0 Å². The molecule has 1 amide bonds. The number of carbonyl (C=O) groups is 1. The molecule has 2 aliphatic rings. The van der Waals surface area contributed by atoms with Gasteiger partial charge in [-0.2, -0.15) is 0 Å². The number of hydrogen-bond donors (Lipinski definition) is 1. The molecule has 5 nitrogen and oxygen atoms in total. The first-order valence-corrected chi connectivity index (χ1v) is 9.89. The largest absolute Gasteiger partial charge is 0.454 e. The van der Waals surface area contributed by atoms with E-state index in [-0.39, 0.29) is 12.7 Å². The predicted molar refractivity (Wildman–Crippen MR) is 113 cm³/mol. The van der Waals surface area contributed by atoms with Crippen LogP contribution in [0.3, 0.4) is 0 Å². The number of rotatable bonds is 4. The van der Waals surface area contributed by atoms with Crippen molar-refractivity contribution in [1.82, 2.24) is 0 Å². The van der Waals surface area contributed by atoms with Crippen molar-refractivity contribution >= 4 is 17.3 Å². The van der Waals surface area contributed by atoms with E-state index in [1.807, 2.05) is 30.3 Å². The molecule has 0 fully saturated rings. The topological polar surface area (TPSA) is 50.8 Å². The fourth-order valence-electron chi connectivity index (χ4n) is 3.94. The van der Waals surface area contributed by atoms with Crippen LogP contribution in [0.1, 0.15) is 27.9 Å². The van der Waals surface area contributed by atoms with Gasteiger partial charge in [-0.25, -0.2) is 0 Å². The summed E-state index contributed by atoms with van der Waals surface area (Å²) in [6, 6.07) is 21.8. The molecule has 0 aliphatic carbocycles. The quantitative estimate of drug-likeness (QED) is 0.711. The van der Waals surface area contributed by atoms with Crippen molar-refractivity contribution in [1.29, 1.82) is 0 Å². The fourth-order valence-corrected chi connectivity index (χ4v) is 3.94. The molecule has 146 valence electrons. The van der Waals surface area contributed by atoms with Crippen molar-refractivity contribution in [2.75, 3.05) is 23.6 Å². The first kappa shape index (κ1) is 17.6. The lowest BCUT2D eigenvalue weighted by molar-refractivity contribution is 0.102. The highest BCUT2D eigenvalue weighted by Gasteiger charge is 2.17. The average Bonchev–Trinajstić information content (AvgIpc) is 3.22. The molecule has 0 spiro atoms. The smallest absolute Gasteiger partial charge is 0.255 e. The lowest BCUT2D eigenvalue weighted by Crippen LogP contribution is -2.28. The van der Waals surface area contributed by atoms with Crippen LogP contribution in [0.2, 0.25) is 0 Å². The molecule has 0 saturated heterocycles. The Hall–Kier alpha value is -3.47. The molecule has 2 aliphatic heterocycles. The normalized spacial score (nSPS) is 14.4. The van der Waals surface area contributed by atoms with Gasteiger partial charge < -0.3 is 19.7 Å². The standard InChI is InChI=1S/C24H22N2O3/c27-24(25-20-11-12-22-23(14-20)29-16-28-22)19-9-7-17(8-10-19)15-26-13-3-5-18-4-1-2-6-21(18)26/h1-2,4,6-12,14H,3,5,13,15-16H2,(H,25,27). The van der Waals surface area contributed by atoms with Gasteiger partial charge in [-0.05, 0) is 54.3 Å². The van der Waals surface area contributed by atoms with E-state index in [4.69, 9.17) is 9.47 Å². The van der Waals surface area contributed by atoms with Crippen LogP contribution in [0, 0.1) is 0 Å². The lowest BCUT2D eigenvalue weighted by Gasteiger charge is -2.31. The second-order valence-corrected chi connectivity index (χ2v) is 7.37. The molecule has 29 heavy (non-hydrogen) atoms. The molecule has 5 rings (SSSR count). The fraction of sp³-hybridized carbons (Fsp3) is 0.208. The maximum atomic E-state index is 12.6. The van der Waals surface area contributed by atoms with E-state index in [1.54, 1.807) is 12.1 Å². The predicted octanol–water partition coefficient (Wildman–Crippen LogP) is 4.62. The zero-order chi connectivity index (χ0) is 19.6. The van der Waals surface area contributed by atoms with Gasteiger partial charge >= 0.3 is 0 Å². The van der Waals surface area contributed by atoms with Gasteiger partial charge in [0.1, 0.15) is 0 Å². The van der Waals surface area contributed by atoms with Crippen molar-refractivity contribution in [3.63, 3.8) is 0 Å². The molecule has 3 aromatic carbocycles. The molecule has 0 radical (unpaired) electrons. The SMILES string of the molecule is O=C(Nc1ccc2c(c1)OCO2)c1ccc(CN2CCCc3ccccc32)cc1. The number of anilines is 2. The Morgan fingerprint density at radius 2 is 1.79 bits per heavy atom. The van der Waals surface area contributed by atoms with Crippen LogP contribution in [0.15, 0.2) is 66.7 Å². The Morgan fingerprint density at radius 3 is 2.69 bits per heavy atom. The number of carbonyl (C=O) groups excluding carboxylic acids is 1. The monoisotopic (exact) mass is 386 g/mol. The van der Waals surface area contributed by atoms with Gasteiger partial charge in [0.2, 0.25) is 6.79 Å². The maximum absolute atomic E-state index is 12.6. The van der Waals surface area contributed by atoms with E-state index in [1.165, 1.54) is 23.2 Å². The van der Waals surface area contributed by atoms with E-state index in [9.17, 15) is 4.79 Å². The highest BCUT2D eigenvalue weighted by molar-refractivity contribution is 6.04. The number of benzene rings is 3. The van der Waals surface area contributed by atoms with Gasteiger partial charge in [0, 0.05) is 36.1 Å². The van der Waals surface area contributed by atoms with Crippen LogP contribution < -0.4 is 19.7 Å². The third kappa shape index (κ3) is 3.63. The molecule has 0 aromatic heterocycles. The van der Waals surface area contributed by atoms with Gasteiger partial charge in [-0.3, -0.25) is 4.79 Å². The van der Waals surface area contributed by atoms with Gasteiger partial charge in [-0.1, -0.05) is 30.3 Å². The summed E-state index contributed by atoms with van der Waals surface area (Å²) < 4.78 is 10.7. The van der Waals surface area contributed by atoms with Crippen molar-refractivity contribution in [3.05, 3.63) is 83.4 Å². The maximum Gasteiger partial charge on any atom is 0.255 e. The number of fused-ring (bicyclic) bond motifs is 2. The molecule has 0 atom stereocenters. The van der Waals surface area contributed by atoms with Gasteiger partial charge in [0.05, 0.1) is 0 Å². The average molecular weight is 386 g/mol. The molecule has 0 unspecified atom stereocenters. The first-order valence-electron chi connectivity index (χ1n) is 9.89. The van der Waals surface area contributed by atoms with Crippen LogP contribution in [-0.2, 0) is 13.0 Å². The first-order chi connectivity index (χ1) is 14.3. The second kappa shape index (κ2) is 7.51. The number of ether oxygens (including phenoxy) is 2. The Balaban J connectivity index is 1.26. The molecule has 0 saturated carbocycles. The minimum absolute atomic E-state index is 0.140. The van der Waals surface area contributed by atoms with E-state index in [2.05, 4.69) is 34.5 Å². The molecule has 5 heteroatoms. The lowest BCUT2D eigenvalue weighted by atomic mass is 10.0. The van der Waals surface area contributed by atoms with Gasteiger partial charge in [0.25, 0.3) is 5.91 Å². The highest BCUT2D eigenvalue weighted by Crippen LogP contribution is 2.34. The van der Waals surface area contributed by atoms with Crippen LogP contribution >= 0.6 is 0 Å². The zero-order valence-corrected chi connectivity index (χ0v) is 16.1. The van der Waals surface area contributed by atoms with Gasteiger partial charge in [0.15, 0.2) is 11.5 Å². The Bertz CT molecular complexity index is 1050. The molecule has 2 heterocycles. The summed E-state index contributed by atoms with van der Waals surface area (Å²) in [5, 5.41) is 2.92. The third-order valence-electron chi connectivity index (χ3n) is 5.43. The van der Waals surface area contributed by atoms with Crippen molar-refractivity contribution in [2.45, 2.75) is 19.4 Å². The minimum atomic E-state index is -0.140. The van der Waals surface area contributed by atoms with E-state index in [0.717, 1.165) is 19.5 Å². The number of hydrogen-bond acceptors (Lipinski definition) is 4. The van der Waals surface area contributed by atoms with Gasteiger partial charge in [-0.15, -0.1) is 0 Å². The Morgan fingerprint density at radius 1 is 0.966 bits per heavy atom. The van der Waals surface area contributed by atoms with Crippen LogP contribution in [-0.4, -0.2) is 19.2 Å². The second-order valence-electron chi connectivity index (χ2n) is 7.37. The zero-order valence-electron chi connectivity index (χ0n) is 16.1. The summed E-state index contributed by atoms with van der Waals surface area (Å²) in [7, 11) is 0. The molecule has 1 N–H and O–H groups in total. The summed E-state index contributed by atoms with van der Waals surface area (Å²) in [6.45, 7) is 2.13. The number of nitrogens with zero attached hydrogens (tertiary/aromatic N) is 1. The molecule has 3 aromatic rings. The highest BCUT2D eigenvalue weighted by atomic mass is 16.7. The number of amides is 1. The van der Waals surface area contributed by atoms with Crippen LogP contribution in [0.4, 0.5) is 11.4 Å². The number of aryl methyl sites for hydroxylation is 1. The number of nitrogens with one attached hydrogen (secondary N) is 1. The summed E-state index contributed by atoms with van der Waals surface area (Å²) in [5.41, 5.74) is 5.25. The summed E-state index contributed by atoms with van der Waals surface area (Å²) >= 11 is 0. The van der Waals surface area contributed by atoms with Crippen LogP contribution in [0.5, 0.6) is 11.5 Å². The van der Waals surface area contributed by atoms with Crippen molar-refractivity contribution in [2.24, 2.45) is 0 Å². The Kier molecular flexibility index (Phi) is 4.56. The van der Waals surface area contributed by atoms with Crippen molar-refractivity contribution in [3.8, 4) is 11.5 Å². The minimum Gasteiger partial charge on any atom is -0.454 e. The van der Waals surface area contributed by atoms with E-state index < -0.39 is 0 Å². The Labute approximate surface area is 169 Å².